The molecule has 1 aromatic heterocycles. The first-order chi connectivity index (χ1) is 9.08. The average Bonchev–Trinajstić information content (AvgIpc) is 2.74. The van der Waals surface area contributed by atoms with Crippen LogP contribution in [0.15, 0.2) is 30.6 Å². The molecule has 1 atom stereocenters. The van der Waals surface area contributed by atoms with Crippen molar-refractivity contribution in [2.45, 2.75) is 25.9 Å². The van der Waals surface area contributed by atoms with Gasteiger partial charge in [-0.15, -0.1) is 0 Å². The lowest BCUT2D eigenvalue weighted by Crippen LogP contribution is -2.18. The van der Waals surface area contributed by atoms with Gasteiger partial charge in [0.25, 0.3) is 0 Å². The zero-order valence-corrected chi connectivity index (χ0v) is 11.9. The Balaban J connectivity index is 2.25. The summed E-state index contributed by atoms with van der Waals surface area (Å²) in [4.78, 5) is 0. The maximum absolute atomic E-state index is 5.87. The Hall–Kier alpha value is -1.52. The summed E-state index contributed by atoms with van der Waals surface area (Å²) in [6.07, 6.45) is 4.26. The highest BCUT2D eigenvalue weighted by Gasteiger charge is 2.07. The molecule has 19 heavy (non-hydrogen) atoms. The highest BCUT2D eigenvalue weighted by molar-refractivity contribution is 6.30. The molecule has 0 aliphatic heterocycles. The molecule has 0 aliphatic carbocycles. The molecular formula is C14H18ClN3O. The van der Waals surface area contributed by atoms with Crippen LogP contribution in [0, 0.1) is 0 Å². The number of hydrogen-bond donors (Lipinski definition) is 1. The van der Waals surface area contributed by atoms with E-state index in [1.807, 2.05) is 19.1 Å². The van der Waals surface area contributed by atoms with Gasteiger partial charge in [0.05, 0.1) is 24.9 Å². The van der Waals surface area contributed by atoms with Crippen LogP contribution in [0.25, 0.3) is 0 Å². The van der Waals surface area contributed by atoms with E-state index in [9.17, 15) is 0 Å². The SMILES string of the molecule is COc1ccc(CC(C)N)cc1Cn1cc(Cl)cn1. The molecule has 0 radical (unpaired) electrons. The van der Waals surface area contributed by atoms with Crippen LogP contribution in [0.1, 0.15) is 18.1 Å². The quantitative estimate of drug-likeness (QED) is 0.915. The first-order valence-corrected chi connectivity index (χ1v) is 6.55. The van der Waals surface area contributed by atoms with Crippen molar-refractivity contribution >= 4 is 11.6 Å². The van der Waals surface area contributed by atoms with Crippen molar-refractivity contribution in [3.8, 4) is 5.75 Å². The summed E-state index contributed by atoms with van der Waals surface area (Å²) in [5.74, 6) is 0.847. The molecule has 0 saturated carbocycles. The van der Waals surface area contributed by atoms with Gasteiger partial charge in [-0.1, -0.05) is 23.7 Å². The van der Waals surface area contributed by atoms with Gasteiger partial charge >= 0.3 is 0 Å². The standard InChI is InChI=1S/C14H18ClN3O/c1-10(16)5-11-3-4-14(19-2)12(6-11)8-18-9-13(15)7-17-18/h3-4,6-7,9-10H,5,8,16H2,1-2H3. The van der Waals surface area contributed by atoms with Crippen molar-refractivity contribution in [2.75, 3.05) is 7.11 Å². The Labute approximate surface area is 118 Å². The van der Waals surface area contributed by atoms with Gasteiger partial charge in [-0.2, -0.15) is 5.10 Å². The lowest BCUT2D eigenvalue weighted by atomic mass is 10.0. The van der Waals surface area contributed by atoms with Gasteiger partial charge in [0.1, 0.15) is 5.75 Å². The van der Waals surface area contributed by atoms with E-state index < -0.39 is 0 Å². The molecule has 0 amide bonds. The van der Waals surface area contributed by atoms with Crippen LogP contribution >= 0.6 is 11.6 Å². The van der Waals surface area contributed by atoms with Crippen molar-refractivity contribution < 1.29 is 4.74 Å². The second-order valence-electron chi connectivity index (χ2n) is 4.68. The van der Waals surface area contributed by atoms with Gasteiger partial charge in [-0.25, -0.2) is 0 Å². The number of ether oxygens (including phenoxy) is 1. The monoisotopic (exact) mass is 279 g/mol. The summed E-state index contributed by atoms with van der Waals surface area (Å²) in [6, 6.07) is 6.26. The molecular weight excluding hydrogens is 262 g/mol. The summed E-state index contributed by atoms with van der Waals surface area (Å²) >= 11 is 5.87. The van der Waals surface area contributed by atoms with Crippen LogP contribution in [0.4, 0.5) is 0 Å². The molecule has 4 nitrogen and oxygen atoms in total. The van der Waals surface area contributed by atoms with E-state index in [0.29, 0.717) is 11.6 Å². The number of halogens is 1. The van der Waals surface area contributed by atoms with E-state index in [1.165, 1.54) is 5.56 Å². The zero-order chi connectivity index (χ0) is 13.8. The molecule has 0 fully saturated rings. The molecule has 1 aromatic carbocycles. The van der Waals surface area contributed by atoms with Crippen molar-refractivity contribution in [3.63, 3.8) is 0 Å². The van der Waals surface area contributed by atoms with Crippen LogP contribution in [0.3, 0.4) is 0 Å². The fourth-order valence-electron chi connectivity index (χ4n) is 2.05. The van der Waals surface area contributed by atoms with Crippen LogP contribution in [-0.4, -0.2) is 22.9 Å². The normalized spacial score (nSPS) is 12.4. The molecule has 2 rings (SSSR count). The number of rotatable bonds is 5. The summed E-state index contributed by atoms with van der Waals surface area (Å²) in [5.41, 5.74) is 8.10. The number of benzene rings is 1. The fourth-order valence-corrected chi connectivity index (χ4v) is 2.21. The molecule has 102 valence electrons. The zero-order valence-electron chi connectivity index (χ0n) is 11.1. The third-order valence-electron chi connectivity index (χ3n) is 2.84. The third kappa shape index (κ3) is 3.72. The smallest absolute Gasteiger partial charge is 0.123 e. The molecule has 1 unspecified atom stereocenters. The van der Waals surface area contributed by atoms with Crippen LogP contribution in [0.5, 0.6) is 5.75 Å². The molecule has 2 aromatic rings. The Morgan fingerprint density at radius 1 is 1.47 bits per heavy atom. The van der Waals surface area contributed by atoms with Gasteiger partial charge in [-0.3, -0.25) is 4.68 Å². The average molecular weight is 280 g/mol. The number of hydrogen-bond acceptors (Lipinski definition) is 3. The minimum Gasteiger partial charge on any atom is -0.496 e. The number of aromatic nitrogens is 2. The largest absolute Gasteiger partial charge is 0.496 e. The van der Waals surface area contributed by atoms with E-state index in [4.69, 9.17) is 22.1 Å². The van der Waals surface area contributed by atoms with Crippen LogP contribution in [0.2, 0.25) is 5.02 Å². The predicted molar refractivity (Wildman–Crippen MR) is 76.7 cm³/mol. The summed E-state index contributed by atoms with van der Waals surface area (Å²) in [7, 11) is 1.67. The topological polar surface area (TPSA) is 53.1 Å². The molecule has 0 spiro atoms. The van der Waals surface area contributed by atoms with E-state index >= 15 is 0 Å². The highest BCUT2D eigenvalue weighted by Crippen LogP contribution is 2.22. The Morgan fingerprint density at radius 3 is 2.84 bits per heavy atom. The van der Waals surface area contributed by atoms with Gasteiger partial charge in [-0.05, 0) is 25.0 Å². The van der Waals surface area contributed by atoms with Crippen molar-refractivity contribution in [2.24, 2.45) is 5.73 Å². The minimum atomic E-state index is 0.139. The Morgan fingerprint density at radius 2 is 2.26 bits per heavy atom. The van der Waals surface area contributed by atoms with Crippen LogP contribution in [-0.2, 0) is 13.0 Å². The Kier molecular flexibility index (Phi) is 4.45. The molecule has 0 saturated heterocycles. The first kappa shape index (κ1) is 13.9. The maximum Gasteiger partial charge on any atom is 0.123 e. The number of nitrogens with two attached hydrogens (primary N) is 1. The number of nitrogens with zero attached hydrogens (tertiary/aromatic N) is 2. The fraction of sp³-hybridized carbons (Fsp3) is 0.357. The molecule has 0 bridgehead atoms. The third-order valence-corrected chi connectivity index (χ3v) is 3.03. The van der Waals surface area contributed by atoms with E-state index in [1.54, 1.807) is 24.2 Å². The van der Waals surface area contributed by atoms with Crippen LogP contribution < -0.4 is 10.5 Å². The second-order valence-corrected chi connectivity index (χ2v) is 5.12. The summed E-state index contributed by atoms with van der Waals surface area (Å²) < 4.78 is 7.17. The van der Waals surface area contributed by atoms with Gasteiger partial charge < -0.3 is 10.5 Å². The minimum absolute atomic E-state index is 0.139. The highest BCUT2D eigenvalue weighted by atomic mass is 35.5. The van der Waals surface area contributed by atoms with Gasteiger partial charge in [0.15, 0.2) is 0 Å². The molecule has 0 aliphatic rings. The van der Waals surface area contributed by atoms with E-state index in [2.05, 4.69) is 11.2 Å². The summed E-state index contributed by atoms with van der Waals surface area (Å²) in [5, 5.41) is 4.81. The molecule has 2 N–H and O–H groups in total. The van der Waals surface area contributed by atoms with Crippen molar-refractivity contribution in [1.82, 2.24) is 9.78 Å². The van der Waals surface area contributed by atoms with E-state index in [0.717, 1.165) is 17.7 Å². The number of methoxy groups -OCH3 is 1. The first-order valence-electron chi connectivity index (χ1n) is 6.18. The van der Waals surface area contributed by atoms with Gasteiger partial charge in [0.2, 0.25) is 0 Å². The van der Waals surface area contributed by atoms with Crippen molar-refractivity contribution in [3.05, 3.63) is 46.7 Å². The lowest BCUT2D eigenvalue weighted by molar-refractivity contribution is 0.407. The Bertz CT molecular complexity index is 551. The maximum atomic E-state index is 5.87. The molecule has 1 heterocycles. The second kappa shape index (κ2) is 6.08. The van der Waals surface area contributed by atoms with Crippen molar-refractivity contribution in [1.29, 1.82) is 0 Å². The van der Waals surface area contributed by atoms with Gasteiger partial charge in [0, 0.05) is 17.8 Å². The predicted octanol–water partition coefficient (Wildman–Crippen LogP) is 2.48. The van der Waals surface area contributed by atoms with E-state index in [-0.39, 0.29) is 6.04 Å². The summed E-state index contributed by atoms with van der Waals surface area (Å²) in [6.45, 7) is 2.62. The molecule has 5 heteroatoms. The lowest BCUT2D eigenvalue weighted by Gasteiger charge is -2.12.